The summed E-state index contributed by atoms with van der Waals surface area (Å²) in [6.45, 7) is 2.72. The molecule has 29 heavy (non-hydrogen) atoms. The molecule has 1 amide bonds. The Morgan fingerprint density at radius 2 is 1.76 bits per heavy atom. The van der Waals surface area contributed by atoms with Gasteiger partial charge in [-0.2, -0.15) is 5.10 Å². The molecule has 2 N–H and O–H groups in total. The zero-order valence-electron chi connectivity index (χ0n) is 16.7. The molecule has 8 heteroatoms. The van der Waals surface area contributed by atoms with Crippen LogP contribution in [0.1, 0.15) is 29.3 Å². The van der Waals surface area contributed by atoms with Gasteiger partial charge in [-0.1, -0.05) is 23.9 Å². The molecule has 0 bridgehead atoms. The molecule has 0 aliphatic carbocycles. The molecule has 1 aliphatic rings. The van der Waals surface area contributed by atoms with Gasteiger partial charge in [0.05, 0.1) is 19.9 Å². The van der Waals surface area contributed by atoms with Gasteiger partial charge in [-0.3, -0.25) is 9.79 Å². The first-order valence-corrected chi connectivity index (χ1v) is 10.2. The van der Waals surface area contributed by atoms with Gasteiger partial charge in [0.25, 0.3) is 5.91 Å². The van der Waals surface area contributed by atoms with Crippen molar-refractivity contribution in [3.63, 3.8) is 0 Å². The van der Waals surface area contributed by atoms with Crippen LogP contribution in [0.3, 0.4) is 0 Å². The second-order valence-corrected chi connectivity index (χ2v) is 7.41. The second-order valence-electron chi connectivity index (χ2n) is 6.33. The molecule has 0 unspecified atom stereocenters. The van der Waals surface area contributed by atoms with Crippen LogP contribution in [0.2, 0.25) is 0 Å². The number of anilines is 1. The minimum atomic E-state index is -0.341. The second kappa shape index (κ2) is 9.97. The van der Waals surface area contributed by atoms with Crippen molar-refractivity contribution in [2.75, 3.05) is 31.8 Å². The van der Waals surface area contributed by atoms with Crippen molar-refractivity contribution in [2.24, 2.45) is 10.1 Å². The Balaban J connectivity index is 1.64. The highest BCUT2D eigenvalue weighted by Gasteiger charge is 2.10. The van der Waals surface area contributed by atoms with E-state index in [9.17, 15) is 4.79 Å². The van der Waals surface area contributed by atoms with Crippen LogP contribution >= 0.6 is 11.8 Å². The van der Waals surface area contributed by atoms with Crippen molar-refractivity contribution in [2.45, 2.75) is 13.3 Å². The maximum Gasteiger partial charge on any atom is 0.271 e. The van der Waals surface area contributed by atoms with Crippen molar-refractivity contribution >= 4 is 34.2 Å². The standard InChI is InChI=1S/C21H24N4O3S/c1-14(15-5-7-17(8-6-15)23-21-22-9-4-10-29-21)24-25-20(26)16-11-18(27-2)13-19(12-16)28-3/h5-8,11-13H,4,9-10H2,1-3H3,(H,22,23)(H,25,26)/b24-14-. The number of carbonyl (C=O) groups is 1. The van der Waals surface area contributed by atoms with Crippen molar-refractivity contribution in [1.82, 2.24) is 5.43 Å². The van der Waals surface area contributed by atoms with Crippen LogP contribution in [0.5, 0.6) is 11.5 Å². The van der Waals surface area contributed by atoms with Crippen molar-refractivity contribution in [3.05, 3.63) is 53.6 Å². The maximum absolute atomic E-state index is 12.4. The average molecular weight is 413 g/mol. The minimum Gasteiger partial charge on any atom is -0.497 e. The van der Waals surface area contributed by atoms with Crippen LogP contribution in [0.15, 0.2) is 52.6 Å². The maximum atomic E-state index is 12.4. The highest BCUT2D eigenvalue weighted by atomic mass is 32.2. The number of hydrazone groups is 1. The Kier molecular flexibility index (Phi) is 7.13. The molecular weight excluding hydrogens is 388 g/mol. The smallest absolute Gasteiger partial charge is 0.271 e. The monoisotopic (exact) mass is 412 g/mol. The summed E-state index contributed by atoms with van der Waals surface area (Å²) < 4.78 is 10.4. The van der Waals surface area contributed by atoms with Gasteiger partial charge in [-0.05, 0) is 43.2 Å². The first kappa shape index (κ1) is 20.7. The van der Waals surface area contributed by atoms with Crippen LogP contribution in [-0.4, -0.2) is 43.3 Å². The Hall–Kier alpha value is -3.00. The number of methoxy groups -OCH3 is 2. The third-order valence-electron chi connectivity index (χ3n) is 4.29. The molecule has 2 aromatic carbocycles. The summed E-state index contributed by atoms with van der Waals surface area (Å²) in [6.07, 6.45) is 1.12. The largest absolute Gasteiger partial charge is 0.497 e. The summed E-state index contributed by atoms with van der Waals surface area (Å²) in [4.78, 5) is 16.9. The summed E-state index contributed by atoms with van der Waals surface area (Å²) in [7, 11) is 3.08. The summed E-state index contributed by atoms with van der Waals surface area (Å²) in [5, 5.41) is 8.49. The van der Waals surface area contributed by atoms with E-state index < -0.39 is 0 Å². The normalized spacial score (nSPS) is 14.0. The number of nitrogens with zero attached hydrogens (tertiary/aromatic N) is 2. The average Bonchev–Trinajstić information content (AvgIpc) is 2.78. The number of hydrogen-bond donors (Lipinski definition) is 2. The third-order valence-corrected chi connectivity index (χ3v) is 5.29. The lowest BCUT2D eigenvalue weighted by Gasteiger charge is -2.13. The number of amidine groups is 1. The van der Waals surface area contributed by atoms with E-state index >= 15 is 0 Å². The molecule has 2 aromatic rings. The van der Waals surface area contributed by atoms with Gasteiger partial charge in [0.2, 0.25) is 0 Å². The van der Waals surface area contributed by atoms with Crippen molar-refractivity contribution in [3.8, 4) is 11.5 Å². The van der Waals surface area contributed by atoms with E-state index in [4.69, 9.17) is 9.47 Å². The number of thioether (sulfide) groups is 1. The van der Waals surface area contributed by atoms with Crippen molar-refractivity contribution < 1.29 is 14.3 Å². The topological polar surface area (TPSA) is 84.3 Å². The van der Waals surface area contributed by atoms with Crippen LogP contribution in [0.4, 0.5) is 5.69 Å². The van der Waals surface area contributed by atoms with Gasteiger partial charge >= 0.3 is 0 Å². The number of amides is 1. The van der Waals surface area contributed by atoms with E-state index in [2.05, 4.69) is 20.8 Å². The molecule has 1 aliphatic heterocycles. The van der Waals surface area contributed by atoms with E-state index in [1.807, 2.05) is 31.2 Å². The molecule has 3 rings (SSSR count). The highest BCUT2D eigenvalue weighted by molar-refractivity contribution is 8.14. The van der Waals surface area contributed by atoms with E-state index in [-0.39, 0.29) is 5.91 Å². The summed E-state index contributed by atoms with van der Waals surface area (Å²) in [6, 6.07) is 12.8. The fourth-order valence-corrected chi connectivity index (χ4v) is 3.50. The van der Waals surface area contributed by atoms with E-state index in [0.29, 0.717) is 22.8 Å². The molecule has 0 saturated carbocycles. The van der Waals surface area contributed by atoms with E-state index in [1.165, 1.54) is 14.2 Å². The van der Waals surface area contributed by atoms with Gasteiger partial charge in [0.15, 0.2) is 5.17 Å². The molecule has 0 atom stereocenters. The number of benzene rings is 2. The van der Waals surface area contributed by atoms with Gasteiger partial charge in [0.1, 0.15) is 11.5 Å². The lowest BCUT2D eigenvalue weighted by atomic mass is 10.1. The fourth-order valence-electron chi connectivity index (χ4n) is 2.66. The van der Waals surface area contributed by atoms with E-state index in [1.54, 1.807) is 30.0 Å². The number of rotatable bonds is 6. The Bertz CT molecular complexity index is 904. The molecule has 7 nitrogen and oxygen atoms in total. The van der Waals surface area contributed by atoms with Crippen LogP contribution in [0.25, 0.3) is 0 Å². The third kappa shape index (κ3) is 5.74. The summed E-state index contributed by atoms with van der Waals surface area (Å²) >= 11 is 1.73. The van der Waals surface area contributed by atoms with Crippen LogP contribution < -0.4 is 20.2 Å². The number of aliphatic imine (C=N–C) groups is 1. The SMILES string of the molecule is COc1cc(OC)cc(C(=O)N/N=C(/C)c2ccc(NC3=NCCCS3)cc2)c1. The van der Waals surface area contributed by atoms with Crippen LogP contribution in [0, 0.1) is 0 Å². The lowest BCUT2D eigenvalue weighted by Crippen LogP contribution is -2.19. The molecule has 1 heterocycles. The zero-order valence-corrected chi connectivity index (χ0v) is 17.5. The summed E-state index contributed by atoms with van der Waals surface area (Å²) in [5.41, 5.74) is 5.57. The Morgan fingerprint density at radius 3 is 2.34 bits per heavy atom. The first-order valence-electron chi connectivity index (χ1n) is 9.21. The highest BCUT2D eigenvalue weighted by Crippen LogP contribution is 2.22. The van der Waals surface area contributed by atoms with E-state index in [0.717, 1.165) is 35.1 Å². The van der Waals surface area contributed by atoms with Crippen molar-refractivity contribution in [1.29, 1.82) is 0 Å². The lowest BCUT2D eigenvalue weighted by molar-refractivity contribution is 0.0954. The predicted octanol–water partition coefficient (Wildman–Crippen LogP) is 3.76. The number of nitrogens with one attached hydrogen (secondary N) is 2. The molecule has 0 aromatic heterocycles. The number of ether oxygens (including phenoxy) is 2. The quantitative estimate of drug-likeness (QED) is 0.557. The number of hydrogen-bond acceptors (Lipinski definition) is 7. The van der Waals surface area contributed by atoms with Crippen LogP contribution in [-0.2, 0) is 0 Å². The molecule has 0 fully saturated rings. The van der Waals surface area contributed by atoms with Gasteiger partial charge in [-0.15, -0.1) is 0 Å². The zero-order chi connectivity index (χ0) is 20.6. The number of carbonyl (C=O) groups excluding carboxylic acids is 1. The minimum absolute atomic E-state index is 0.341. The van der Waals surface area contributed by atoms with Gasteiger partial charge in [0, 0.05) is 29.6 Å². The molecule has 0 spiro atoms. The predicted molar refractivity (Wildman–Crippen MR) is 119 cm³/mol. The molecule has 0 radical (unpaired) electrons. The molecule has 0 saturated heterocycles. The fraction of sp³-hybridized carbons (Fsp3) is 0.286. The Morgan fingerprint density at radius 1 is 1.07 bits per heavy atom. The first-order chi connectivity index (χ1) is 14.1. The molecular formula is C21H24N4O3S. The summed E-state index contributed by atoms with van der Waals surface area (Å²) in [5.74, 6) is 1.83. The Labute approximate surface area is 174 Å². The van der Waals surface area contributed by atoms with Gasteiger partial charge < -0.3 is 14.8 Å². The molecule has 152 valence electrons. The van der Waals surface area contributed by atoms with Gasteiger partial charge in [-0.25, -0.2) is 5.43 Å².